The highest BCUT2D eigenvalue weighted by Gasteiger charge is 2.23. The molecule has 28 heavy (non-hydrogen) atoms. The number of carbonyl (C=O) groups excluding carboxylic acids is 1. The van der Waals surface area contributed by atoms with Gasteiger partial charge in [0.25, 0.3) is 5.91 Å². The van der Waals surface area contributed by atoms with E-state index < -0.39 is 0 Å². The molecule has 1 fully saturated rings. The Balaban J connectivity index is 1.59. The van der Waals surface area contributed by atoms with Gasteiger partial charge in [-0.15, -0.1) is 5.10 Å². The number of nitrogens with one attached hydrogen (secondary N) is 1. The van der Waals surface area contributed by atoms with E-state index in [2.05, 4.69) is 39.6 Å². The lowest BCUT2D eigenvalue weighted by Crippen LogP contribution is -2.36. The first kappa shape index (κ1) is 20.3. The van der Waals surface area contributed by atoms with Crippen molar-refractivity contribution >= 4 is 5.91 Å². The number of benzene rings is 1. The Bertz CT molecular complexity index is 792. The molecule has 8 nitrogen and oxygen atoms in total. The summed E-state index contributed by atoms with van der Waals surface area (Å²) in [5.74, 6) is 0.661. The number of hydrogen-bond acceptors (Lipinski definition) is 6. The predicted octanol–water partition coefficient (Wildman–Crippen LogP) is 1.54. The number of methoxy groups -OCH3 is 1. The number of aromatic nitrogens is 3. The molecule has 1 atom stereocenters. The molecule has 0 bridgehead atoms. The summed E-state index contributed by atoms with van der Waals surface area (Å²) in [5.41, 5.74) is 2.73. The fourth-order valence-corrected chi connectivity index (χ4v) is 3.62. The van der Waals surface area contributed by atoms with Crippen molar-refractivity contribution in [3.63, 3.8) is 0 Å². The van der Waals surface area contributed by atoms with Gasteiger partial charge in [-0.1, -0.05) is 17.3 Å². The van der Waals surface area contributed by atoms with Crippen molar-refractivity contribution in [1.29, 1.82) is 0 Å². The molecule has 8 heteroatoms. The van der Waals surface area contributed by atoms with Crippen LogP contribution < -0.4 is 10.1 Å². The van der Waals surface area contributed by atoms with E-state index in [0.29, 0.717) is 18.7 Å². The summed E-state index contributed by atoms with van der Waals surface area (Å²) < 4.78 is 7.15. The Labute approximate surface area is 165 Å². The zero-order valence-electron chi connectivity index (χ0n) is 16.6. The SMILES string of the molecule is COc1ccc(CN2CCC[C@H](n3cc(C(=O)NCCCO)nn3)C2)cc1C. The van der Waals surface area contributed by atoms with Crippen LogP contribution in [0.25, 0.3) is 0 Å². The minimum atomic E-state index is -0.249. The maximum Gasteiger partial charge on any atom is 0.273 e. The van der Waals surface area contributed by atoms with Crippen LogP contribution in [0.2, 0.25) is 0 Å². The maximum absolute atomic E-state index is 12.1. The average Bonchev–Trinajstić information content (AvgIpc) is 3.19. The van der Waals surface area contributed by atoms with Crippen LogP contribution in [-0.4, -0.2) is 64.3 Å². The average molecular weight is 387 g/mol. The van der Waals surface area contributed by atoms with Gasteiger partial charge in [-0.3, -0.25) is 9.69 Å². The number of amides is 1. The van der Waals surface area contributed by atoms with Gasteiger partial charge >= 0.3 is 0 Å². The molecule has 1 aromatic carbocycles. The van der Waals surface area contributed by atoms with Crippen molar-refractivity contribution in [2.24, 2.45) is 0 Å². The Morgan fingerprint density at radius 3 is 3.04 bits per heavy atom. The second-order valence-corrected chi connectivity index (χ2v) is 7.25. The van der Waals surface area contributed by atoms with E-state index in [-0.39, 0.29) is 18.6 Å². The second-order valence-electron chi connectivity index (χ2n) is 7.25. The van der Waals surface area contributed by atoms with Gasteiger partial charge in [-0.2, -0.15) is 0 Å². The molecule has 1 aliphatic heterocycles. The first-order valence-corrected chi connectivity index (χ1v) is 9.77. The number of rotatable bonds is 8. The van der Waals surface area contributed by atoms with Crippen molar-refractivity contribution < 1.29 is 14.6 Å². The molecule has 0 aliphatic carbocycles. The molecule has 2 N–H and O–H groups in total. The molecule has 3 rings (SSSR count). The fraction of sp³-hybridized carbons (Fsp3) is 0.550. The van der Waals surface area contributed by atoms with E-state index in [1.165, 1.54) is 5.56 Å². The molecule has 152 valence electrons. The van der Waals surface area contributed by atoms with Crippen LogP contribution in [-0.2, 0) is 6.54 Å². The molecular weight excluding hydrogens is 358 g/mol. The van der Waals surface area contributed by atoms with Crippen LogP contribution >= 0.6 is 0 Å². The number of ether oxygens (including phenoxy) is 1. The molecular formula is C20H29N5O3. The highest BCUT2D eigenvalue weighted by Crippen LogP contribution is 2.24. The minimum Gasteiger partial charge on any atom is -0.496 e. The molecule has 1 aromatic heterocycles. The number of aliphatic hydroxyl groups excluding tert-OH is 1. The highest BCUT2D eigenvalue weighted by atomic mass is 16.5. The third-order valence-electron chi connectivity index (χ3n) is 5.08. The predicted molar refractivity (Wildman–Crippen MR) is 105 cm³/mol. The Morgan fingerprint density at radius 2 is 2.29 bits per heavy atom. The number of piperidine rings is 1. The maximum atomic E-state index is 12.1. The van der Waals surface area contributed by atoms with E-state index in [1.54, 1.807) is 13.3 Å². The standard InChI is InChI=1S/C20H29N5O3/c1-15-11-16(6-7-19(15)28-2)12-24-9-3-5-17(13-24)25-14-18(22-23-25)20(27)21-8-4-10-26/h6-7,11,14,17,26H,3-5,8-10,12-13H2,1-2H3,(H,21,27)/t17-/m0/s1. The van der Waals surface area contributed by atoms with Gasteiger partial charge in [-0.05, 0) is 49.9 Å². The smallest absolute Gasteiger partial charge is 0.273 e. The number of nitrogens with zero attached hydrogens (tertiary/aromatic N) is 4. The Morgan fingerprint density at radius 1 is 1.43 bits per heavy atom. The zero-order valence-corrected chi connectivity index (χ0v) is 16.6. The third-order valence-corrected chi connectivity index (χ3v) is 5.08. The van der Waals surface area contributed by atoms with Crippen LogP contribution in [0.3, 0.4) is 0 Å². The van der Waals surface area contributed by atoms with Crippen molar-refractivity contribution in [2.75, 3.05) is 33.4 Å². The van der Waals surface area contributed by atoms with Gasteiger partial charge < -0.3 is 15.2 Å². The Kier molecular flexibility index (Phi) is 7.00. The number of carbonyl (C=O) groups is 1. The van der Waals surface area contributed by atoms with Crippen molar-refractivity contribution in [3.8, 4) is 5.75 Å². The summed E-state index contributed by atoms with van der Waals surface area (Å²) in [6.45, 7) is 5.35. The molecule has 0 radical (unpaired) electrons. The summed E-state index contributed by atoms with van der Waals surface area (Å²) in [4.78, 5) is 14.5. The van der Waals surface area contributed by atoms with Crippen LogP contribution in [0, 0.1) is 6.92 Å². The van der Waals surface area contributed by atoms with Crippen LogP contribution in [0.1, 0.15) is 46.9 Å². The second kappa shape index (κ2) is 9.66. The van der Waals surface area contributed by atoms with E-state index in [4.69, 9.17) is 9.84 Å². The van der Waals surface area contributed by atoms with Gasteiger partial charge in [0.1, 0.15) is 5.75 Å². The lowest BCUT2D eigenvalue weighted by molar-refractivity contribution is 0.0946. The zero-order chi connectivity index (χ0) is 19.9. The highest BCUT2D eigenvalue weighted by molar-refractivity contribution is 5.91. The van der Waals surface area contributed by atoms with Crippen molar-refractivity contribution in [2.45, 2.75) is 38.8 Å². The quantitative estimate of drug-likeness (QED) is 0.668. The first-order chi connectivity index (χ1) is 13.6. The van der Waals surface area contributed by atoms with E-state index in [9.17, 15) is 4.79 Å². The first-order valence-electron chi connectivity index (χ1n) is 9.77. The number of hydrogen-bond donors (Lipinski definition) is 2. The van der Waals surface area contributed by atoms with Crippen LogP contribution in [0.15, 0.2) is 24.4 Å². The van der Waals surface area contributed by atoms with E-state index in [0.717, 1.165) is 43.8 Å². The van der Waals surface area contributed by atoms with Gasteiger partial charge in [0.05, 0.1) is 19.3 Å². The molecule has 1 amide bonds. The van der Waals surface area contributed by atoms with Gasteiger partial charge in [0.2, 0.25) is 0 Å². The van der Waals surface area contributed by atoms with Gasteiger partial charge in [-0.25, -0.2) is 4.68 Å². The summed E-state index contributed by atoms with van der Waals surface area (Å²) in [6, 6.07) is 6.51. The summed E-state index contributed by atoms with van der Waals surface area (Å²) in [6.07, 6.45) is 4.35. The van der Waals surface area contributed by atoms with Crippen LogP contribution in [0.5, 0.6) is 5.75 Å². The summed E-state index contributed by atoms with van der Waals surface area (Å²) in [5, 5.41) is 19.7. The summed E-state index contributed by atoms with van der Waals surface area (Å²) in [7, 11) is 1.69. The molecule has 1 saturated heterocycles. The number of aryl methyl sites for hydroxylation is 1. The molecule has 0 unspecified atom stereocenters. The fourth-order valence-electron chi connectivity index (χ4n) is 3.62. The lowest BCUT2D eigenvalue weighted by Gasteiger charge is -2.32. The summed E-state index contributed by atoms with van der Waals surface area (Å²) >= 11 is 0. The molecule has 1 aliphatic rings. The monoisotopic (exact) mass is 387 g/mol. The van der Waals surface area contributed by atoms with Gasteiger partial charge in [0, 0.05) is 26.2 Å². The van der Waals surface area contributed by atoms with Gasteiger partial charge in [0.15, 0.2) is 5.69 Å². The lowest BCUT2D eigenvalue weighted by atomic mass is 10.0. The molecule has 2 aromatic rings. The molecule has 0 saturated carbocycles. The Hall–Kier alpha value is -2.45. The number of aliphatic hydroxyl groups is 1. The van der Waals surface area contributed by atoms with Crippen molar-refractivity contribution in [3.05, 3.63) is 41.2 Å². The van der Waals surface area contributed by atoms with Crippen molar-refractivity contribution in [1.82, 2.24) is 25.2 Å². The number of likely N-dealkylation sites (tertiary alicyclic amines) is 1. The third kappa shape index (κ3) is 5.08. The molecule has 2 heterocycles. The molecule has 0 spiro atoms. The van der Waals surface area contributed by atoms with Crippen LogP contribution in [0.4, 0.5) is 0 Å². The largest absolute Gasteiger partial charge is 0.496 e. The normalized spacial score (nSPS) is 17.5. The van der Waals surface area contributed by atoms with E-state index >= 15 is 0 Å². The van der Waals surface area contributed by atoms with E-state index in [1.807, 2.05) is 10.7 Å². The topological polar surface area (TPSA) is 92.5 Å². The minimum absolute atomic E-state index is 0.0542.